The number of urea groups is 1. The number of hydrogen-bond donors (Lipinski definition) is 1. The predicted molar refractivity (Wildman–Crippen MR) is 142 cm³/mol. The minimum Gasteiger partial charge on any atom is -0.454 e. The van der Waals surface area contributed by atoms with Crippen LogP contribution in [0.15, 0.2) is 84.4 Å². The third-order valence-corrected chi connectivity index (χ3v) is 6.72. The fraction of sp³-hybridized carbons (Fsp3) is 0.100. The quantitative estimate of drug-likeness (QED) is 0.306. The van der Waals surface area contributed by atoms with Crippen molar-refractivity contribution in [1.82, 2.24) is 9.88 Å². The number of hydrogen-bond acceptors (Lipinski definition) is 5. The molecule has 0 unspecified atom stereocenters. The van der Waals surface area contributed by atoms with Gasteiger partial charge in [-0.3, -0.25) is 14.9 Å². The highest BCUT2D eigenvalue weighted by molar-refractivity contribution is 6.39. The molecule has 4 aromatic rings. The van der Waals surface area contributed by atoms with E-state index in [4.69, 9.17) is 9.47 Å². The first-order chi connectivity index (χ1) is 18.4. The fourth-order valence-corrected chi connectivity index (χ4v) is 4.84. The molecule has 188 valence electrons. The Morgan fingerprint density at radius 2 is 1.47 bits per heavy atom. The summed E-state index contributed by atoms with van der Waals surface area (Å²) in [4.78, 5) is 39.7. The lowest BCUT2D eigenvalue weighted by molar-refractivity contribution is -0.122. The third kappa shape index (κ3) is 3.92. The normalized spacial score (nSPS) is 15.8. The minimum absolute atomic E-state index is 0.0627. The average Bonchev–Trinajstić information content (AvgIpc) is 3.50. The molecule has 38 heavy (non-hydrogen) atoms. The summed E-state index contributed by atoms with van der Waals surface area (Å²) in [6, 6.07) is 24.2. The number of fused-ring (bicyclic) bond motifs is 1. The molecule has 0 aliphatic carbocycles. The number of nitrogens with zero attached hydrogens (tertiary/aromatic N) is 2. The number of benzene rings is 3. The van der Waals surface area contributed by atoms with Crippen LogP contribution in [-0.4, -0.2) is 29.2 Å². The molecule has 1 fully saturated rings. The van der Waals surface area contributed by atoms with Gasteiger partial charge in [0.05, 0.1) is 5.69 Å². The van der Waals surface area contributed by atoms with Crippen LogP contribution in [0.2, 0.25) is 0 Å². The standard InChI is InChI=1S/C30H23N3O5/c1-18-14-22(19(2)32(18)23-10-8-21(9-11-23)20-6-4-3-5-7-20)15-25-28(34)31-30(36)33(29(25)35)24-12-13-26-27(16-24)38-17-37-26/h3-16H,17H2,1-2H3,(H,31,34,36)/b25-15-. The number of amides is 4. The van der Waals surface area contributed by atoms with Crippen molar-refractivity contribution < 1.29 is 23.9 Å². The molecule has 3 aromatic carbocycles. The van der Waals surface area contributed by atoms with Crippen LogP contribution in [0.4, 0.5) is 10.5 Å². The molecule has 0 spiro atoms. The number of carbonyl (C=O) groups excluding carboxylic acids is 3. The largest absolute Gasteiger partial charge is 0.454 e. The summed E-state index contributed by atoms with van der Waals surface area (Å²) >= 11 is 0. The zero-order valence-electron chi connectivity index (χ0n) is 20.7. The molecule has 1 saturated heterocycles. The highest BCUT2D eigenvalue weighted by Crippen LogP contribution is 2.36. The van der Waals surface area contributed by atoms with E-state index in [1.807, 2.05) is 50.2 Å². The maximum atomic E-state index is 13.4. The second-order valence-corrected chi connectivity index (χ2v) is 9.07. The zero-order valence-corrected chi connectivity index (χ0v) is 20.7. The molecule has 2 aliphatic heterocycles. The van der Waals surface area contributed by atoms with Gasteiger partial charge in [0, 0.05) is 23.1 Å². The van der Waals surface area contributed by atoms with Crippen LogP contribution in [0.1, 0.15) is 17.0 Å². The van der Waals surface area contributed by atoms with E-state index in [2.05, 4.69) is 34.1 Å². The molecular weight excluding hydrogens is 482 g/mol. The summed E-state index contributed by atoms with van der Waals surface area (Å²) in [5.74, 6) is -0.509. The van der Waals surface area contributed by atoms with Gasteiger partial charge in [0.25, 0.3) is 11.8 Å². The highest BCUT2D eigenvalue weighted by atomic mass is 16.7. The molecule has 0 atom stereocenters. The SMILES string of the molecule is Cc1cc(/C=C2/C(=O)NC(=O)N(c3ccc4c(c3)OCO4)C2=O)c(C)n1-c1ccc(-c2ccccc2)cc1. The van der Waals surface area contributed by atoms with Crippen LogP contribution in [0.25, 0.3) is 22.9 Å². The van der Waals surface area contributed by atoms with Gasteiger partial charge in [-0.1, -0.05) is 42.5 Å². The average molecular weight is 506 g/mol. The van der Waals surface area contributed by atoms with E-state index in [9.17, 15) is 14.4 Å². The second kappa shape index (κ2) is 9.08. The maximum Gasteiger partial charge on any atom is 0.335 e. The number of rotatable bonds is 4. The van der Waals surface area contributed by atoms with Crippen molar-refractivity contribution in [3.63, 3.8) is 0 Å². The molecule has 0 bridgehead atoms. The topological polar surface area (TPSA) is 89.9 Å². The van der Waals surface area contributed by atoms with Crippen LogP contribution < -0.4 is 19.7 Å². The Bertz CT molecular complexity index is 1630. The molecule has 8 heteroatoms. The van der Waals surface area contributed by atoms with Crippen molar-refractivity contribution >= 4 is 29.6 Å². The first kappa shape index (κ1) is 23.3. The van der Waals surface area contributed by atoms with Gasteiger partial charge in [0.2, 0.25) is 6.79 Å². The Morgan fingerprint density at radius 1 is 0.789 bits per heavy atom. The van der Waals surface area contributed by atoms with Gasteiger partial charge in [-0.05, 0) is 66.9 Å². The van der Waals surface area contributed by atoms with Crippen molar-refractivity contribution in [2.24, 2.45) is 0 Å². The van der Waals surface area contributed by atoms with E-state index >= 15 is 0 Å². The molecule has 6 rings (SSSR count). The molecule has 1 N–H and O–H groups in total. The first-order valence-corrected chi connectivity index (χ1v) is 12.1. The van der Waals surface area contributed by atoms with Gasteiger partial charge in [0.1, 0.15) is 5.57 Å². The van der Waals surface area contributed by atoms with E-state index in [0.29, 0.717) is 17.1 Å². The molecule has 0 radical (unpaired) electrons. The number of carbonyl (C=O) groups is 3. The molecule has 3 heterocycles. The number of nitrogens with one attached hydrogen (secondary N) is 1. The zero-order chi connectivity index (χ0) is 26.4. The Kier molecular flexibility index (Phi) is 5.57. The van der Waals surface area contributed by atoms with E-state index in [-0.39, 0.29) is 18.1 Å². The predicted octanol–water partition coefficient (Wildman–Crippen LogP) is 5.16. The van der Waals surface area contributed by atoms with Crippen molar-refractivity contribution in [3.05, 3.63) is 101 Å². The summed E-state index contributed by atoms with van der Waals surface area (Å²) in [6.45, 7) is 3.95. The molecule has 8 nitrogen and oxygen atoms in total. The highest BCUT2D eigenvalue weighted by Gasteiger charge is 2.37. The van der Waals surface area contributed by atoms with E-state index in [1.54, 1.807) is 12.1 Å². The first-order valence-electron chi connectivity index (χ1n) is 12.1. The van der Waals surface area contributed by atoms with Crippen molar-refractivity contribution in [2.75, 3.05) is 11.7 Å². The number of ether oxygens (including phenoxy) is 2. The fourth-order valence-electron chi connectivity index (χ4n) is 4.84. The molecule has 2 aliphatic rings. The van der Waals surface area contributed by atoms with Crippen LogP contribution in [0, 0.1) is 13.8 Å². The Balaban J connectivity index is 1.33. The molecular formula is C30H23N3O5. The minimum atomic E-state index is -0.819. The number of aryl methyl sites for hydroxylation is 1. The van der Waals surface area contributed by atoms with Gasteiger partial charge < -0.3 is 14.0 Å². The summed E-state index contributed by atoms with van der Waals surface area (Å²) in [5, 5.41) is 2.27. The lowest BCUT2D eigenvalue weighted by Gasteiger charge is -2.26. The van der Waals surface area contributed by atoms with Crippen LogP contribution in [0.5, 0.6) is 11.5 Å². The molecule has 1 aromatic heterocycles. The summed E-state index contributed by atoms with van der Waals surface area (Å²) in [6.07, 6.45) is 1.53. The van der Waals surface area contributed by atoms with Gasteiger partial charge in [0.15, 0.2) is 11.5 Å². The van der Waals surface area contributed by atoms with E-state index < -0.39 is 17.8 Å². The maximum absolute atomic E-state index is 13.4. The number of barbiturate groups is 1. The van der Waals surface area contributed by atoms with Crippen molar-refractivity contribution in [1.29, 1.82) is 0 Å². The van der Waals surface area contributed by atoms with Crippen molar-refractivity contribution in [2.45, 2.75) is 13.8 Å². The van der Waals surface area contributed by atoms with Gasteiger partial charge in [-0.25, -0.2) is 9.69 Å². The third-order valence-electron chi connectivity index (χ3n) is 6.72. The monoisotopic (exact) mass is 505 g/mol. The number of imide groups is 2. The summed E-state index contributed by atoms with van der Waals surface area (Å²) in [5.41, 5.74) is 5.84. The molecule has 4 amide bonds. The molecule has 0 saturated carbocycles. The Labute approximate surface area is 218 Å². The van der Waals surface area contributed by atoms with Crippen molar-refractivity contribution in [3.8, 4) is 28.3 Å². The van der Waals surface area contributed by atoms with Gasteiger partial charge in [-0.2, -0.15) is 0 Å². The van der Waals surface area contributed by atoms with E-state index in [0.717, 1.165) is 33.1 Å². The van der Waals surface area contributed by atoms with Crippen LogP contribution >= 0.6 is 0 Å². The Hall–Kier alpha value is -5.11. The smallest absolute Gasteiger partial charge is 0.335 e. The summed E-state index contributed by atoms with van der Waals surface area (Å²) in [7, 11) is 0. The van der Waals surface area contributed by atoms with Gasteiger partial charge in [-0.15, -0.1) is 0 Å². The number of aromatic nitrogens is 1. The van der Waals surface area contributed by atoms with Crippen LogP contribution in [-0.2, 0) is 9.59 Å². The lowest BCUT2D eigenvalue weighted by atomic mass is 10.1. The number of anilines is 1. The Morgan fingerprint density at radius 3 is 2.24 bits per heavy atom. The van der Waals surface area contributed by atoms with E-state index in [1.165, 1.54) is 12.1 Å². The summed E-state index contributed by atoms with van der Waals surface area (Å²) < 4.78 is 12.7. The lowest BCUT2D eigenvalue weighted by Crippen LogP contribution is -2.54. The second-order valence-electron chi connectivity index (χ2n) is 9.07. The van der Waals surface area contributed by atoms with Crippen LogP contribution in [0.3, 0.4) is 0 Å². The van der Waals surface area contributed by atoms with Gasteiger partial charge >= 0.3 is 6.03 Å².